The molecule has 1 aromatic carbocycles. The van der Waals surface area contributed by atoms with Gasteiger partial charge in [-0.2, -0.15) is 0 Å². The van der Waals surface area contributed by atoms with E-state index in [1.54, 1.807) is 0 Å². The summed E-state index contributed by atoms with van der Waals surface area (Å²) in [6.07, 6.45) is 19.0. The monoisotopic (exact) mass is 397 g/mol. The topological polar surface area (TPSA) is 50.4 Å². The molecule has 1 N–H and O–H groups in total. The average Bonchev–Trinajstić information content (AvgIpc) is 3.33. The Morgan fingerprint density at radius 2 is 2.03 bits per heavy atom. The van der Waals surface area contributed by atoms with Gasteiger partial charge in [0, 0.05) is 16.5 Å². The van der Waals surface area contributed by atoms with Gasteiger partial charge in [0.1, 0.15) is 12.0 Å². The van der Waals surface area contributed by atoms with E-state index in [2.05, 4.69) is 77.1 Å². The third-order valence-corrected chi connectivity index (χ3v) is 8.50. The Bertz CT molecular complexity index is 1200. The number of rotatable bonds is 1. The van der Waals surface area contributed by atoms with Crippen LogP contribution in [-0.2, 0) is 0 Å². The Morgan fingerprint density at radius 3 is 2.90 bits per heavy atom. The minimum atomic E-state index is 0.0133. The van der Waals surface area contributed by atoms with Crippen molar-refractivity contribution < 1.29 is 5.21 Å². The Morgan fingerprint density at radius 1 is 1.17 bits per heavy atom. The second-order valence-corrected chi connectivity index (χ2v) is 9.77. The molecule has 0 saturated heterocycles. The molecule has 1 fully saturated rings. The van der Waals surface area contributed by atoms with Crippen molar-refractivity contribution in [3.05, 3.63) is 72.6 Å². The fourth-order valence-electron chi connectivity index (χ4n) is 6.80. The molecule has 0 radical (unpaired) electrons. The molecule has 0 bridgehead atoms. The van der Waals surface area contributed by atoms with Gasteiger partial charge in [-0.3, -0.25) is 0 Å². The maximum Gasteiger partial charge on any atom is 0.102 e. The van der Waals surface area contributed by atoms with E-state index in [1.165, 1.54) is 29.6 Å². The summed E-state index contributed by atoms with van der Waals surface area (Å²) in [6.45, 7) is 4.83. The number of oxime groups is 1. The molecule has 1 aromatic heterocycles. The second-order valence-electron chi connectivity index (χ2n) is 9.77. The molecule has 4 heteroatoms. The standard InChI is InChI=1S/C26H27N3O/c1-25-13-11-18(28-30)15-17(25)7-8-19-20-9-10-24(26(20,2)14-12-21(19)25)29-16-27-22-5-3-4-6-23(22)29/h3-8,10-11,13,15-16,19-21,30H,9,12,14H2,1-2H3/b28-18+/t19?,20?,21?,25-,26-/m0/s1. The Labute approximate surface area is 177 Å². The molecule has 30 heavy (non-hydrogen) atoms. The number of nitrogens with zero attached hydrogens (tertiary/aromatic N) is 3. The Balaban J connectivity index is 1.39. The van der Waals surface area contributed by atoms with Crippen molar-refractivity contribution in [1.82, 2.24) is 9.55 Å². The van der Waals surface area contributed by atoms with E-state index in [1.807, 2.05) is 18.5 Å². The van der Waals surface area contributed by atoms with E-state index >= 15 is 0 Å². The van der Waals surface area contributed by atoms with Gasteiger partial charge in [0.2, 0.25) is 0 Å². The highest BCUT2D eigenvalue weighted by Gasteiger charge is 2.55. The van der Waals surface area contributed by atoms with Gasteiger partial charge in [-0.05, 0) is 66.9 Å². The maximum atomic E-state index is 9.20. The molecular formula is C26H27N3O. The summed E-state index contributed by atoms with van der Waals surface area (Å²) in [5, 5.41) is 12.6. The van der Waals surface area contributed by atoms with Crippen molar-refractivity contribution in [2.45, 2.75) is 33.1 Å². The highest BCUT2D eigenvalue weighted by atomic mass is 16.4. The van der Waals surface area contributed by atoms with Gasteiger partial charge in [-0.1, -0.05) is 55.4 Å². The quantitative estimate of drug-likeness (QED) is 0.486. The van der Waals surface area contributed by atoms with Crippen LogP contribution in [0.15, 0.2) is 77.8 Å². The molecule has 2 aromatic rings. The zero-order valence-electron chi connectivity index (χ0n) is 17.5. The third kappa shape index (κ3) is 2.22. The molecule has 0 aliphatic heterocycles. The predicted molar refractivity (Wildman–Crippen MR) is 120 cm³/mol. The van der Waals surface area contributed by atoms with Crippen molar-refractivity contribution in [3.63, 3.8) is 0 Å². The summed E-state index contributed by atoms with van der Waals surface area (Å²) in [6, 6.07) is 8.43. The number of hydrogen-bond acceptors (Lipinski definition) is 3. The molecule has 1 saturated carbocycles. The fraction of sp³-hybridized carbons (Fsp3) is 0.385. The van der Waals surface area contributed by atoms with E-state index < -0.39 is 0 Å². The van der Waals surface area contributed by atoms with Crippen molar-refractivity contribution in [1.29, 1.82) is 0 Å². The zero-order valence-corrected chi connectivity index (χ0v) is 17.5. The summed E-state index contributed by atoms with van der Waals surface area (Å²) in [7, 11) is 0. The van der Waals surface area contributed by atoms with Gasteiger partial charge in [0.15, 0.2) is 0 Å². The van der Waals surface area contributed by atoms with Crippen LogP contribution in [0, 0.1) is 28.6 Å². The minimum absolute atomic E-state index is 0.0133. The van der Waals surface area contributed by atoms with Crippen LogP contribution in [0.3, 0.4) is 0 Å². The fourth-order valence-corrected chi connectivity index (χ4v) is 6.80. The van der Waals surface area contributed by atoms with E-state index in [0.29, 0.717) is 23.5 Å². The lowest BCUT2D eigenvalue weighted by Crippen LogP contribution is -2.47. The molecule has 0 amide bonds. The third-order valence-electron chi connectivity index (χ3n) is 8.50. The number of imidazole rings is 1. The predicted octanol–water partition coefficient (Wildman–Crippen LogP) is 5.83. The first kappa shape index (κ1) is 17.9. The second kappa shape index (κ2) is 6.07. The van der Waals surface area contributed by atoms with Crippen molar-refractivity contribution in [2.75, 3.05) is 0 Å². The Kier molecular flexibility index (Phi) is 3.63. The zero-order chi connectivity index (χ0) is 20.5. The van der Waals surface area contributed by atoms with E-state index in [4.69, 9.17) is 0 Å². The molecule has 1 heterocycles. The van der Waals surface area contributed by atoms with Gasteiger partial charge in [-0.15, -0.1) is 0 Å². The lowest BCUT2D eigenvalue weighted by Gasteiger charge is -2.54. The van der Waals surface area contributed by atoms with Crippen LogP contribution in [0.2, 0.25) is 0 Å². The first-order valence-corrected chi connectivity index (χ1v) is 11.0. The summed E-state index contributed by atoms with van der Waals surface area (Å²) in [5.74, 6) is 1.73. The lowest BCUT2D eigenvalue weighted by molar-refractivity contribution is 0.0465. The van der Waals surface area contributed by atoms with Crippen LogP contribution in [0.1, 0.15) is 33.1 Å². The van der Waals surface area contributed by atoms with Crippen LogP contribution >= 0.6 is 0 Å². The first-order chi connectivity index (χ1) is 14.5. The van der Waals surface area contributed by atoms with Crippen LogP contribution in [0.25, 0.3) is 16.7 Å². The number of allylic oxidation sites excluding steroid dienone is 8. The highest BCUT2D eigenvalue weighted by molar-refractivity contribution is 6.05. The SMILES string of the molecule is C[C@]12C=C/C(=N\O)C=C1C=CC1C2CC[C@]2(C)C(n3cnc4ccccc43)=CCC12. The van der Waals surface area contributed by atoms with Crippen LogP contribution in [0.5, 0.6) is 0 Å². The molecule has 0 spiro atoms. The van der Waals surface area contributed by atoms with Gasteiger partial charge in [-0.25, -0.2) is 4.98 Å². The summed E-state index contributed by atoms with van der Waals surface area (Å²) >= 11 is 0. The largest absolute Gasteiger partial charge is 0.410 e. The first-order valence-electron chi connectivity index (χ1n) is 11.0. The van der Waals surface area contributed by atoms with Crippen molar-refractivity contribution in [2.24, 2.45) is 33.7 Å². The highest BCUT2D eigenvalue weighted by Crippen LogP contribution is 2.63. The number of aromatic nitrogens is 2. The maximum absolute atomic E-state index is 9.20. The smallest absolute Gasteiger partial charge is 0.102 e. The molecule has 5 atom stereocenters. The summed E-state index contributed by atoms with van der Waals surface area (Å²) < 4.78 is 2.33. The molecule has 4 aliphatic carbocycles. The molecule has 152 valence electrons. The summed E-state index contributed by atoms with van der Waals surface area (Å²) in [5.41, 5.74) is 5.77. The molecule has 4 aliphatic rings. The van der Waals surface area contributed by atoms with Gasteiger partial charge < -0.3 is 9.77 Å². The van der Waals surface area contributed by atoms with Gasteiger partial charge in [0.25, 0.3) is 0 Å². The molecular weight excluding hydrogens is 370 g/mol. The minimum Gasteiger partial charge on any atom is -0.410 e. The molecule has 6 rings (SSSR count). The number of hydrogen-bond donors (Lipinski definition) is 1. The van der Waals surface area contributed by atoms with E-state index in [-0.39, 0.29) is 10.8 Å². The van der Waals surface area contributed by atoms with Crippen molar-refractivity contribution in [3.8, 4) is 0 Å². The average molecular weight is 398 g/mol. The number of para-hydroxylation sites is 2. The van der Waals surface area contributed by atoms with Gasteiger partial charge in [0.05, 0.1) is 11.0 Å². The normalized spacial score (nSPS) is 38.2. The van der Waals surface area contributed by atoms with E-state index in [0.717, 1.165) is 11.9 Å². The van der Waals surface area contributed by atoms with Crippen LogP contribution < -0.4 is 0 Å². The Hall–Kier alpha value is -2.88. The van der Waals surface area contributed by atoms with E-state index in [9.17, 15) is 5.21 Å². The van der Waals surface area contributed by atoms with Crippen LogP contribution in [0.4, 0.5) is 0 Å². The lowest BCUT2D eigenvalue weighted by atomic mass is 9.50. The summed E-state index contributed by atoms with van der Waals surface area (Å²) in [4.78, 5) is 4.65. The molecule has 3 unspecified atom stereocenters. The van der Waals surface area contributed by atoms with Gasteiger partial charge >= 0.3 is 0 Å². The number of benzene rings is 1. The molecule has 4 nitrogen and oxygen atoms in total. The number of fused-ring (bicyclic) bond motifs is 6. The van der Waals surface area contributed by atoms with Crippen molar-refractivity contribution >= 4 is 22.4 Å². The van der Waals surface area contributed by atoms with Crippen LogP contribution in [-0.4, -0.2) is 20.5 Å².